The highest BCUT2D eigenvalue weighted by molar-refractivity contribution is 6.36. The Bertz CT molecular complexity index is 642. The number of nitrogens with zero attached hydrogens (tertiary/aromatic N) is 1. The number of hydrogen-bond acceptors (Lipinski definition) is 2. The SMILES string of the molecule is COc1cc(F)cc2c(Cl)c3c(nc12)CCCCC3. The molecule has 2 aromatic rings. The quantitative estimate of drug-likeness (QED) is 0.726. The monoisotopic (exact) mass is 279 g/mol. The number of benzene rings is 1. The zero-order chi connectivity index (χ0) is 13.4. The van der Waals surface area contributed by atoms with Crippen molar-refractivity contribution in [2.24, 2.45) is 0 Å². The standard InChI is InChI=1S/C15H15ClFNO/c1-19-13-8-9(17)7-11-14(16)10-5-3-2-4-6-12(10)18-15(11)13/h7-8H,2-6H2,1H3. The van der Waals surface area contributed by atoms with Crippen LogP contribution in [0, 0.1) is 5.82 Å². The van der Waals surface area contributed by atoms with Crippen molar-refractivity contribution < 1.29 is 9.13 Å². The highest BCUT2D eigenvalue weighted by Crippen LogP contribution is 2.36. The van der Waals surface area contributed by atoms with Crippen LogP contribution in [0.2, 0.25) is 5.02 Å². The van der Waals surface area contributed by atoms with Crippen molar-refractivity contribution in [1.29, 1.82) is 0 Å². The predicted molar refractivity (Wildman–Crippen MR) is 74.5 cm³/mol. The van der Waals surface area contributed by atoms with Crippen LogP contribution < -0.4 is 4.74 Å². The van der Waals surface area contributed by atoms with Crippen LogP contribution in [0.25, 0.3) is 10.9 Å². The minimum absolute atomic E-state index is 0.346. The van der Waals surface area contributed by atoms with Gasteiger partial charge in [-0.25, -0.2) is 9.37 Å². The maximum Gasteiger partial charge on any atom is 0.148 e. The number of aromatic nitrogens is 1. The van der Waals surface area contributed by atoms with E-state index in [4.69, 9.17) is 16.3 Å². The fourth-order valence-corrected chi connectivity index (χ4v) is 3.08. The van der Waals surface area contributed by atoms with Gasteiger partial charge in [-0.3, -0.25) is 0 Å². The molecule has 0 unspecified atom stereocenters. The van der Waals surface area contributed by atoms with E-state index in [9.17, 15) is 4.39 Å². The van der Waals surface area contributed by atoms with Gasteiger partial charge in [-0.2, -0.15) is 0 Å². The fraction of sp³-hybridized carbons (Fsp3) is 0.400. The molecular weight excluding hydrogens is 265 g/mol. The molecule has 0 atom stereocenters. The van der Waals surface area contributed by atoms with Crippen molar-refractivity contribution >= 4 is 22.5 Å². The molecule has 0 N–H and O–H groups in total. The Morgan fingerprint density at radius 2 is 2.00 bits per heavy atom. The average molecular weight is 280 g/mol. The van der Waals surface area contributed by atoms with Gasteiger partial charge in [0.05, 0.1) is 12.1 Å². The van der Waals surface area contributed by atoms with E-state index in [-0.39, 0.29) is 5.82 Å². The predicted octanol–water partition coefficient (Wildman–Crippen LogP) is 4.30. The van der Waals surface area contributed by atoms with Crippen LogP contribution in [0.4, 0.5) is 4.39 Å². The normalized spacial score (nSPS) is 15.1. The van der Waals surface area contributed by atoms with E-state index in [1.54, 1.807) is 0 Å². The van der Waals surface area contributed by atoms with Crippen molar-refractivity contribution in [3.63, 3.8) is 0 Å². The molecule has 0 saturated heterocycles. The van der Waals surface area contributed by atoms with Crippen LogP contribution in [0.3, 0.4) is 0 Å². The van der Waals surface area contributed by atoms with E-state index in [1.165, 1.54) is 25.7 Å². The van der Waals surface area contributed by atoms with Crippen molar-refractivity contribution in [1.82, 2.24) is 4.98 Å². The molecule has 0 radical (unpaired) electrons. The van der Waals surface area contributed by atoms with Gasteiger partial charge < -0.3 is 4.74 Å². The molecule has 1 aromatic carbocycles. The van der Waals surface area contributed by atoms with Gasteiger partial charge in [0.25, 0.3) is 0 Å². The lowest BCUT2D eigenvalue weighted by atomic mass is 10.0. The molecule has 1 aliphatic rings. The van der Waals surface area contributed by atoms with E-state index in [2.05, 4.69) is 4.98 Å². The Morgan fingerprint density at radius 3 is 2.79 bits per heavy atom. The number of rotatable bonds is 1. The molecule has 2 nitrogen and oxygen atoms in total. The molecule has 19 heavy (non-hydrogen) atoms. The Morgan fingerprint density at radius 1 is 1.21 bits per heavy atom. The van der Waals surface area contributed by atoms with E-state index in [0.29, 0.717) is 21.7 Å². The molecule has 0 bridgehead atoms. The largest absolute Gasteiger partial charge is 0.494 e. The molecule has 1 aromatic heterocycles. The first-order valence-corrected chi connectivity index (χ1v) is 6.93. The molecule has 1 aliphatic carbocycles. The highest BCUT2D eigenvalue weighted by atomic mass is 35.5. The van der Waals surface area contributed by atoms with Crippen molar-refractivity contribution in [2.75, 3.05) is 7.11 Å². The van der Waals surface area contributed by atoms with Gasteiger partial charge in [0.2, 0.25) is 0 Å². The van der Waals surface area contributed by atoms with Crippen LogP contribution >= 0.6 is 11.6 Å². The first-order valence-electron chi connectivity index (χ1n) is 6.55. The Balaban J connectivity index is 2.33. The Hall–Kier alpha value is -1.35. The van der Waals surface area contributed by atoms with Crippen LogP contribution in [0.1, 0.15) is 30.5 Å². The second kappa shape index (κ2) is 4.97. The summed E-state index contributed by atoms with van der Waals surface area (Å²) in [5, 5.41) is 1.29. The summed E-state index contributed by atoms with van der Waals surface area (Å²) in [5.74, 6) is 0.102. The third-order valence-electron chi connectivity index (χ3n) is 3.70. The van der Waals surface area contributed by atoms with Crippen LogP contribution in [-0.2, 0) is 12.8 Å². The minimum atomic E-state index is -0.346. The molecule has 100 valence electrons. The molecule has 0 aliphatic heterocycles. The van der Waals surface area contributed by atoms with Crippen LogP contribution in [0.15, 0.2) is 12.1 Å². The topological polar surface area (TPSA) is 22.1 Å². The van der Waals surface area contributed by atoms with Gasteiger partial charge in [-0.1, -0.05) is 18.0 Å². The van der Waals surface area contributed by atoms with Gasteiger partial charge in [0.1, 0.15) is 17.1 Å². The Labute approximate surface area is 116 Å². The van der Waals surface area contributed by atoms with E-state index < -0.39 is 0 Å². The van der Waals surface area contributed by atoms with E-state index in [0.717, 1.165) is 36.9 Å². The van der Waals surface area contributed by atoms with Crippen LogP contribution in [0.5, 0.6) is 5.75 Å². The van der Waals surface area contributed by atoms with Gasteiger partial charge in [0.15, 0.2) is 0 Å². The summed E-state index contributed by atoms with van der Waals surface area (Å²) in [6.07, 6.45) is 5.30. The molecule has 4 heteroatoms. The summed E-state index contributed by atoms with van der Waals surface area (Å²) >= 11 is 6.47. The molecule has 0 spiro atoms. The summed E-state index contributed by atoms with van der Waals surface area (Å²) in [7, 11) is 1.52. The summed E-state index contributed by atoms with van der Waals surface area (Å²) < 4.78 is 18.8. The van der Waals surface area contributed by atoms with Gasteiger partial charge in [0, 0.05) is 17.1 Å². The van der Waals surface area contributed by atoms with Crippen molar-refractivity contribution in [2.45, 2.75) is 32.1 Å². The average Bonchev–Trinajstić information content (AvgIpc) is 2.64. The fourth-order valence-electron chi connectivity index (χ4n) is 2.74. The molecular formula is C15H15ClFNO. The highest BCUT2D eigenvalue weighted by Gasteiger charge is 2.18. The molecule has 3 rings (SSSR count). The summed E-state index contributed by atoms with van der Waals surface area (Å²) in [6.45, 7) is 0. The maximum atomic E-state index is 13.6. The lowest BCUT2D eigenvalue weighted by Gasteiger charge is -2.13. The van der Waals surface area contributed by atoms with Crippen molar-refractivity contribution in [3.8, 4) is 5.75 Å². The molecule has 0 saturated carbocycles. The second-order valence-electron chi connectivity index (χ2n) is 4.92. The third-order valence-corrected chi connectivity index (χ3v) is 4.13. The number of hydrogen-bond donors (Lipinski definition) is 0. The maximum absolute atomic E-state index is 13.6. The molecule has 0 fully saturated rings. The van der Waals surface area contributed by atoms with E-state index in [1.807, 2.05) is 0 Å². The molecule has 1 heterocycles. The summed E-state index contributed by atoms with van der Waals surface area (Å²) in [5.41, 5.74) is 2.79. The zero-order valence-corrected chi connectivity index (χ0v) is 11.6. The van der Waals surface area contributed by atoms with Crippen LogP contribution in [-0.4, -0.2) is 12.1 Å². The number of ether oxygens (including phenoxy) is 1. The zero-order valence-electron chi connectivity index (χ0n) is 10.8. The number of fused-ring (bicyclic) bond motifs is 2. The second-order valence-corrected chi connectivity index (χ2v) is 5.29. The summed E-state index contributed by atoms with van der Waals surface area (Å²) in [4.78, 5) is 4.67. The minimum Gasteiger partial charge on any atom is -0.494 e. The number of halogens is 2. The number of pyridine rings is 1. The van der Waals surface area contributed by atoms with E-state index >= 15 is 0 Å². The lowest BCUT2D eigenvalue weighted by Crippen LogP contribution is -2.00. The third kappa shape index (κ3) is 2.16. The first-order chi connectivity index (χ1) is 9.20. The van der Waals surface area contributed by atoms with Gasteiger partial charge >= 0.3 is 0 Å². The number of aryl methyl sites for hydroxylation is 1. The Kier molecular flexibility index (Phi) is 3.31. The summed E-state index contributed by atoms with van der Waals surface area (Å²) in [6, 6.07) is 2.80. The smallest absolute Gasteiger partial charge is 0.148 e. The molecule has 0 amide bonds. The lowest BCUT2D eigenvalue weighted by molar-refractivity contribution is 0.415. The van der Waals surface area contributed by atoms with Gasteiger partial charge in [-0.15, -0.1) is 0 Å². The first kappa shape index (κ1) is 12.7. The van der Waals surface area contributed by atoms with Gasteiger partial charge in [-0.05, 0) is 37.3 Å². The number of methoxy groups -OCH3 is 1. The van der Waals surface area contributed by atoms with Crippen molar-refractivity contribution in [3.05, 3.63) is 34.2 Å².